The Kier molecular flexibility index (Phi) is 9.25. The van der Waals surface area contributed by atoms with Crippen LogP contribution in [0.25, 0.3) is 0 Å². The second-order valence-electron chi connectivity index (χ2n) is 7.46. The van der Waals surface area contributed by atoms with Gasteiger partial charge in [-0.15, -0.1) is 0 Å². The zero-order valence-corrected chi connectivity index (χ0v) is 21.0. The molecule has 0 aliphatic heterocycles. The molecule has 0 aromatic heterocycles. The fourth-order valence-electron chi connectivity index (χ4n) is 3.19. The van der Waals surface area contributed by atoms with Crippen LogP contribution in [-0.4, -0.2) is 33.4 Å². The van der Waals surface area contributed by atoms with Gasteiger partial charge in [-0.05, 0) is 41.8 Å². The molecular formula is C24H23Cl2N3O5S. The summed E-state index contributed by atoms with van der Waals surface area (Å²) in [5.74, 6) is -1.21. The van der Waals surface area contributed by atoms with Gasteiger partial charge in [-0.2, -0.15) is 17.9 Å². The first-order valence-electron chi connectivity index (χ1n) is 10.4. The van der Waals surface area contributed by atoms with E-state index in [1.807, 2.05) is 6.07 Å². The standard InChI is InChI=1S/C24H23Cl2N3O5S/c1-34-24(31)21(29-35(32,33)27-15-17-6-3-2-4-7-17)14-16-10-12-18(13-11-16)28-23(30)22-19(25)8-5-9-20(22)26/h2-13,21,27,29H,14-15H2,1H3,(H,28,30)/t21-/m0/s1. The van der Waals surface area contributed by atoms with Crippen molar-refractivity contribution in [2.24, 2.45) is 0 Å². The van der Waals surface area contributed by atoms with Crippen LogP contribution in [0, 0.1) is 0 Å². The van der Waals surface area contributed by atoms with E-state index in [0.717, 1.165) is 5.56 Å². The second kappa shape index (κ2) is 12.1. The summed E-state index contributed by atoms with van der Waals surface area (Å²) in [6, 6.07) is 19.1. The SMILES string of the molecule is COC(=O)[C@H](Cc1ccc(NC(=O)c2c(Cl)cccc2Cl)cc1)NS(=O)(=O)NCc1ccccc1. The monoisotopic (exact) mass is 535 g/mol. The molecule has 3 aromatic rings. The van der Waals surface area contributed by atoms with Crippen molar-refractivity contribution in [3.63, 3.8) is 0 Å². The van der Waals surface area contributed by atoms with E-state index in [4.69, 9.17) is 27.9 Å². The fourth-order valence-corrected chi connectivity index (χ4v) is 4.75. The van der Waals surface area contributed by atoms with Crippen LogP contribution >= 0.6 is 23.2 Å². The molecule has 0 spiro atoms. The molecule has 0 bridgehead atoms. The summed E-state index contributed by atoms with van der Waals surface area (Å²) >= 11 is 12.2. The van der Waals surface area contributed by atoms with E-state index in [2.05, 4.69) is 14.8 Å². The number of carbonyl (C=O) groups is 2. The van der Waals surface area contributed by atoms with Gasteiger partial charge in [0.2, 0.25) is 0 Å². The summed E-state index contributed by atoms with van der Waals surface area (Å²) in [6.07, 6.45) is 0.0312. The van der Waals surface area contributed by atoms with Crippen LogP contribution in [0.2, 0.25) is 10.0 Å². The molecule has 35 heavy (non-hydrogen) atoms. The minimum Gasteiger partial charge on any atom is -0.468 e. The summed E-state index contributed by atoms with van der Waals surface area (Å²) in [4.78, 5) is 24.8. The van der Waals surface area contributed by atoms with E-state index in [1.165, 1.54) is 7.11 Å². The van der Waals surface area contributed by atoms with E-state index >= 15 is 0 Å². The highest BCUT2D eigenvalue weighted by molar-refractivity contribution is 7.87. The van der Waals surface area contributed by atoms with Crippen LogP contribution in [0.15, 0.2) is 72.8 Å². The van der Waals surface area contributed by atoms with Gasteiger partial charge < -0.3 is 10.1 Å². The lowest BCUT2D eigenvalue weighted by molar-refractivity contribution is -0.142. The maximum atomic E-state index is 12.5. The van der Waals surface area contributed by atoms with Crippen molar-refractivity contribution in [3.05, 3.63) is 99.5 Å². The minimum atomic E-state index is -4.00. The number of amides is 1. The van der Waals surface area contributed by atoms with Crippen molar-refractivity contribution < 1.29 is 22.7 Å². The van der Waals surface area contributed by atoms with Gasteiger partial charge in [0.1, 0.15) is 6.04 Å². The van der Waals surface area contributed by atoms with Gasteiger partial charge in [-0.1, -0.05) is 71.7 Å². The minimum absolute atomic E-state index is 0.0312. The lowest BCUT2D eigenvalue weighted by Crippen LogP contribution is -2.47. The number of halogens is 2. The Labute approximate surface area is 213 Å². The highest BCUT2D eigenvalue weighted by Crippen LogP contribution is 2.25. The van der Waals surface area contributed by atoms with E-state index in [0.29, 0.717) is 11.3 Å². The Morgan fingerprint density at radius 2 is 1.51 bits per heavy atom. The van der Waals surface area contributed by atoms with Gasteiger partial charge in [0, 0.05) is 12.2 Å². The summed E-state index contributed by atoms with van der Waals surface area (Å²) in [6.45, 7) is 0.0634. The maximum Gasteiger partial charge on any atom is 0.324 e. The Bertz CT molecular complexity index is 1270. The molecule has 0 aliphatic carbocycles. The Morgan fingerprint density at radius 1 is 0.886 bits per heavy atom. The number of benzene rings is 3. The molecule has 0 unspecified atom stereocenters. The van der Waals surface area contributed by atoms with E-state index in [-0.39, 0.29) is 28.6 Å². The van der Waals surface area contributed by atoms with Crippen molar-refractivity contribution in [2.75, 3.05) is 12.4 Å². The van der Waals surface area contributed by atoms with Gasteiger partial charge in [0.05, 0.1) is 22.7 Å². The lowest BCUT2D eigenvalue weighted by atomic mass is 10.1. The van der Waals surface area contributed by atoms with E-state index < -0.39 is 28.1 Å². The lowest BCUT2D eigenvalue weighted by Gasteiger charge is -2.17. The molecule has 0 saturated carbocycles. The predicted octanol–water partition coefficient (Wildman–Crippen LogP) is 3.95. The van der Waals surface area contributed by atoms with Crippen LogP contribution in [0.5, 0.6) is 0 Å². The van der Waals surface area contributed by atoms with Gasteiger partial charge in [0.15, 0.2) is 0 Å². The normalized spacial score (nSPS) is 12.1. The highest BCUT2D eigenvalue weighted by atomic mass is 35.5. The number of hydrogen-bond donors (Lipinski definition) is 3. The van der Waals surface area contributed by atoms with Crippen LogP contribution in [0.3, 0.4) is 0 Å². The molecule has 0 radical (unpaired) electrons. The molecule has 0 fully saturated rings. The summed E-state index contributed by atoms with van der Waals surface area (Å²) in [5.41, 5.74) is 2.03. The molecule has 1 atom stereocenters. The molecule has 0 saturated heterocycles. The Balaban J connectivity index is 1.65. The molecule has 184 valence electrons. The third-order valence-corrected chi connectivity index (χ3v) is 6.68. The summed E-state index contributed by atoms with van der Waals surface area (Å²) in [7, 11) is -2.82. The zero-order valence-electron chi connectivity index (χ0n) is 18.6. The smallest absolute Gasteiger partial charge is 0.324 e. The number of anilines is 1. The number of hydrogen-bond acceptors (Lipinski definition) is 5. The van der Waals surface area contributed by atoms with Crippen molar-refractivity contribution in [2.45, 2.75) is 19.0 Å². The number of rotatable bonds is 10. The van der Waals surface area contributed by atoms with E-state index in [1.54, 1.807) is 66.7 Å². The third kappa shape index (κ3) is 7.78. The predicted molar refractivity (Wildman–Crippen MR) is 136 cm³/mol. The molecule has 11 heteroatoms. The molecule has 0 heterocycles. The average molecular weight is 536 g/mol. The van der Waals surface area contributed by atoms with Gasteiger partial charge >= 0.3 is 5.97 Å². The molecule has 0 aliphatic rings. The van der Waals surface area contributed by atoms with E-state index in [9.17, 15) is 18.0 Å². The molecular weight excluding hydrogens is 513 g/mol. The van der Waals surface area contributed by atoms with Crippen LogP contribution in [0.4, 0.5) is 5.69 Å². The first-order chi connectivity index (χ1) is 16.7. The summed E-state index contributed by atoms with van der Waals surface area (Å²) < 4.78 is 34.5. The van der Waals surface area contributed by atoms with Crippen molar-refractivity contribution in [3.8, 4) is 0 Å². The topological polar surface area (TPSA) is 114 Å². The molecule has 3 N–H and O–H groups in total. The Hall–Kier alpha value is -2.95. The maximum absolute atomic E-state index is 12.5. The van der Waals surface area contributed by atoms with Gasteiger partial charge in [0.25, 0.3) is 16.1 Å². The molecule has 8 nitrogen and oxygen atoms in total. The molecule has 1 amide bonds. The third-order valence-electron chi connectivity index (χ3n) is 4.93. The number of carbonyl (C=O) groups excluding carboxylic acids is 2. The summed E-state index contributed by atoms with van der Waals surface area (Å²) in [5, 5.41) is 3.15. The number of esters is 1. The van der Waals surface area contributed by atoms with Crippen molar-refractivity contribution >= 4 is 51.0 Å². The van der Waals surface area contributed by atoms with Crippen LogP contribution < -0.4 is 14.8 Å². The average Bonchev–Trinajstić information content (AvgIpc) is 2.83. The van der Waals surface area contributed by atoms with Crippen LogP contribution in [0.1, 0.15) is 21.5 Å². The first-order valence-corrected chi connectivity index (χ1v) is 12.7. The van der Waals surface area contributed by atoms with Crippen LogP contribution in [-0.2, 0) is 32.7 Å². The second-order valence-corrected chi connectivity index (χ2v) is 9.80. The molecule has 3 rings (SSSR count). The molecule has 3 aromatic carbocycles. The van der Waals surface area contributed by atoms with Gasteiger partial charge in [-0.25, -0.2) is 0 Å². The highest BCUT2D eigenvalue weighted by Gasteiger charge is 2.25. The number of methoxy groups -OCH3 is 1. The van der Waals surface area contributed by atoms with Crippen molar-refractivity contribution in [1.29, 1.82) is 0 Å². The largest absolute Gasteiger partial charge is 0.468 e. The van der Waals surface area contributed by atoms with Gasteiger partial charge in [-0.3, -0.25) is 9.59 Å². The van der Waals surface area contributed by atoms with Crippen molar-refractivity contribution in [1.82, 2.24) is 9.44 Å². The quantitative estimate of drug-likeness (QED) is 0.340. The Morgan fingerprint density at radius 3 is 2.11 bits per heavy atom. The zero-order chi connectivity index (χ0) is 25.4. The number of nitrogens with one attached hydrogen (secondary N) is 3. The fraction of sp³-hybridized carbons (Fsp3) is 0.167. The first kappa shape index (κ1) is 26.7. The number of ether oxygens (including phenoxy) is 1.